The fraction of sp³-hybridized carbons (Fsp3) is 0.600. The van der Waals surface area contributed by atoms with Crippen molar-refractivity contribution in [3.63, 3.8) is 0 Å². The number of benzene rings is 1. The van der Waals surface area contributed by atoms with Crippen molar-refractivity contribution in [2.24, 2.45) is 5.92 Å². The molecular formula is C15H23N3O3. The average molecular weight is 293 g/mol. The first-order valence-corrected chi connectivity index (χ1v) is 7.53. The number of nitrogens with one attached hydrogen (secondary N) is 1. The Labute approximate surface area is 124 Å². The van der Waals surface area contributed by atoms with Crippen LogP contribution in [0.4, 0.5) is 17.1 Å². The number of piperidine rings is 1. The Morgan fingerprint density at radius 1 is 1.48 bits per heavy atom. The third-order valence-electron chi connectivity index (χ3n) is 3.83. The van der Waals surface area contributed by atoms with Crippen LogP contribution in [0.3, 0.4) is 0 Å². The Morgan fingerprint density at radius 2 is 2.29 bits per heavy atom. The molecule has 0 aromatic heterocycles. The molecule has 6 nitrogen and oxygen atoms in total. The maximum absolute atomic E-state index is 11.1. The number of nitro benzene ring substituents is 1. The highest BCUT2D eigenvalue weighted by molar-refractivity contribution is 5.64. The van der Waals surface area contributed by atoms with E-state index in [4.69, 9.17) is 0 Å². The van der Waals surface area contributed by atoms with Gasteiger partial charge in [-0.25, -0.2) is 0 Å². The fourth-order valence-electron chi connectivity index (χ4n) is 2.70. The van der Waals surface area contributed by atoms with Crippen LogP contribution in [0.1, 0.15) is 26.2 Å². The maximum atomic E-state index is 11.1. The zero-order valence-electron chi connectivity index (χ0n) is 12.4. The topological polar surface area (TPSA) is 78.6 Å². The summed E-state index contributed by atoms with van der Waals surface area (Å²) in [6, 6.07) is 5.16. The Morgan fingerprint density at radius 3 is 2.95 bits per heavy atom. The van der Waals surface area contributed by atoms with Crippen molar-refractivity contribution in [1.82, 2.24) is 0 Å². The molecular weight excluding hydrogens is 270 g/mol. The Balaban J connectivity index is 2.24. The number of non-ortho nitro benzene ring substituents is 1. The van der Waals surface area contributed by atoms with Crippen LogP contribution in [0.25, 0.3) is 0 Å². The summed E-state index contributed by atoms with van der Waals surface area (Å²) >= 11 is 0. The van der Waals surface area contributed by atoms with Crippen LogP contribution in [0.15, 0.2) is 18.2 Å². The van der Waals surface area contributed by atoms with Crippen LogP contribution >= 0.6 is 0 Å². The van der Waals surface area contributed by atoms with Gasteiger partial charge in [0.2, 0.25) is 0 Å². The lowest BCUT2D eigenvalue weighted by Crippen LogP contribution is -2.36. The number of aliphatic hydroxyl groups is 1. The fourth-order valence-corrected chi connectivity index (χ4v) is 2.70. The smallest absolute Gasteiger partial charge is 0.273 e. The predicted octanol–water partition coefficient (Wildman–Crippen LogP) is 2.63. The number of hydrogen-bond donors (Lipinski definition) is 2. The third kappa shape index (κ3) is 4.07. The minimum absolute atomic E-state index is 0.109. The minimum atomic E-state index is -0.353. The lowest BCUT2D eigenvalue weighted by Gasteiger charge is -2.33. The van der Waals surface area contributed by atoms with E-state index in [9.17, 15) is 15.2 Å². The van der Waals surface area contributed by atoms with Crippen molar-refractivity contribution in [2.45, 2.75) is 26.2 Å². The number of hydrogen-bond acceptors (Lipinski definition) is 5. The summed E-state index contributed by atoms with van der Waals surface area (Å²) in [4.78, 5) is 12.9. The molecule has 0 spiro atoms. The van der Waals surface area contributed by atoms with Crippen LogP contribution in [-0.4, -0.2) is 36.3 Å². The van der Waals surface area contributed by atoms with E-state index in [0.29, 0.717) is 0 Å². The summed E-state index contributed by atoms with van der Waals surface area (Å²) in [6.45, 7) is 4.66. The summed E-state index contributed by atoms with van der Waals surface area (Å²) in [5.41, 5.74) is 1.75. The van der Waals surface area contributed by atoms with Gasteiger partial charge in [-0.05, 0) is 31.2 Å². The van der Waals surface area contributed by atoms with E-state index in [0.717, 1.165) is 50.3 Å². The molecule has 1 aliphatic heterocycles. The van der Waals surface area contributed by atoms with Crippen LogP contribution in [-0.2, 0) is 0 Å². The molecule has 1 aromatic rings. The molecule has 1 aliphatic rings. The summed E-state index contributed by atoms with van der Waals surface area (Å²) in [6.07, 6.45) is 2.99. The number of nitro groups is 1. The first-order chi connectivity index (χ1) is 10.1. The minimum Gasteiger partial charge on any atom is -0.396 e. The molecule has 1 saturated heterocycles. The number of anilines is 2. The van der Waals surface area contributed by atoms with E-state index >= 15 is 0 Å². The SMILES string of the molecule is CCCNc1cc(N2CCCC(CO)C2)cc([N+](=O)[O-])c1. The van der Waals surface area contributed by atoms with Gasteiger partial charge in [0.05, 0.1) is 4.92 Å². The Hall–Kier alpha value is -1.82. The quantitative estimate of drug-likeness (QED) is 0.622. The molecule has 1 atom stereocenters. The standard InChI is InChI=1S/C15H23N3O3/c1-2-5-16-13-7-14(9-15(8-13)18(20)21)17-6-3-4-12(10-17)11-19/h7-9,12,16,19H,2-6,10-11H2,1H3. The molecule has 0 aliphatic carbocycles. The zero-order chi connectivity index (χ0) is 15.2. The van der Waals surface area contributed by atoms with Gasteiger partial charge >= 0.3 is 0 Å². The molecule has 0 saturated carbocycles. The van der Waals surface area contributed by atoms with Crippen molar-refractivity contribution < 1.29 is 10.0 Å². The Kier molecular flexibility index (Phi) is 5.38. The highest BCUT2D eigenvalue weighted by Gasteiger charge is 2.21. The van der Waals surface area contributed by atoms with Gasteiger partial charge in [-0.15, -0.1) is 0 Å². The van der Waals surface area contributed by atoms with Gasteiger partial charge < -0.3 is 15.3 Å². The molecule has 2 N–H and O–H groups in total. The summed E-state index contributed by atoms with van der Waals surface area (Å²) in [5, 5.41) is 23.6. The lowest BCUT2D eigenvalue weighted by molar-refractivity contribution is -0.384. The van der Waals surface area contributed by atoms with Crippen molar-refractivity contribution >= 4 is 17.1 Å². The highest BCUT2D eigenvalue weighted by Crippen LogP contribution is 2.30. The molecule has 0 radical (unpaired) electrons. The number of aliphatic hydroxyl groups excluding tert-OH is 1. The molecule has 1 unspecified atom stereocenters. The van der Waals surface area contributed by atoms with Gasteiger partial charge in [-0.2, -0.15) is 0 Å². The molecule has 6 heteroatoms. The third-order valence-corrected chi connectivity index (χ3v) is 3.83. The second kappa shape index (κ2) is 7.26. The first-order valence-electron chi connectivity index (χ1n) is 7.53. The van der Waals surface area contributed by atoms with Crippen LogP contribution in [0.5, 0.6) is 0 Å². The summed E-state index contributed by atoms with van der Waals surface area (Å²) in [5.74, 6) is 0.255. The van der Waals surface area contributed by atoms with Gasteiger partial charge in [-0.3, -0.25) is 10.1 Å². The van der Waals surface area contributed by atoms with Crippen molar-refractivity contribution in [3.8, 4) is 0 Å². The van der Waals surface area contributed by atoms with Gasteiger partial charge in [0.1, 0.15) is 0 Å². The molecule has 1 heterocycles. The molecule has 116 valence electrons. The zero-order valence-corrected chi connectivity index (χ0v) is 12.4. The van der Waals surface area contributed by atoms with Crippen LogP contribution < -0.4 is 10.2 Å². The molecule has 21 heavy (non-hydrogen) atoms. The largest absolute Gasteiger partial charge is 0.396 e. The molecule has 1 aromatic carbocycles. The lowest BCUT2D eigenvalue weighted by atomic mass is 9.98. The summed E-state index contributed by atoms with van der Waals surface area (Å²) in [7, 11) is 0. The van der Waals surface area contributed by atoms with E-state index in [1.54, 1.807) is 12.1 Å². The van der Waals surface area contributed by atoms with E-state index in [1.165, 1.54) is 0 Å². The predicted molar refractivity (Wildman–Crippen MR) is 83.9 cm³/mol. The second-order valence-corrected chi connectivity index (χ2v) is 5.56. The maximum Gasteiger partial charge on any atom is 0.273 e. The van der Waals surface area contributed by atoms with E-state index in [-0.39, 0.29) is 23.1 Å². The van der Waals surface area contributed by atoms with Crippen LogP contribution in [0, 0.1) is 16.0 Å². The molecule has 0 amide bonds. The molecule has 2 rings (SSSR count). The van der Waals surface area contributed by atoms with Gasteiger partial charge in [-0.1, -0.05) is 6.92 Å². The molecule has 0 bridgehead atoms. The van der Waals surface area contributed by atoms with Crippen LogP contribution in [0.2, 0.25) is 0 Å². The van der Waals surface area contributed by atoms with Crippen molar-refractivity contribution in [3.05, 3.63) is 28.3 Å². The number of rotatable bonds is 6. The molecule has 1 fully saturated rings. The Bertz CT molecular complexity index is 493. The first kappa shape index (κ1) is 15.6. The highest BCUT2D eigenvalue weighted by atomic mass is 16.6. The second-order valence-electron chi connectivity index (χ2n) is 5.56. The summed E-state index contributed by atoms with van der Waals surface area (Å²) < 4.78 is 0. The van der Waals surface area contributed by atoms with Gasteiger partial charge in [0, 0.05) is 49.7 Å². The van der Waals surface area contributed by atoms with Crippen molar-refractivity contribution in [1.29, 1.82) is 0 Å². The van der Waals surface area contributed by atoms with Crippen molar-refractivity contribution in [2.75, 3.05) is 36.5 Å². The van der Waals surface area contributed by atoms with E-state index < -0.39 is 0 Å². The normalized spacial score (nSPS) is 18.6. The average Bonchev–Trinajstić information content (AvgIpc) is 2.52. The van der Waals surface area contributed by atoms with E-state index in [1.807, 2.05) is 6.07 Å². The van der Waals surface area contributed by atoms with Gasteiger partial charge in [0.15, 0.2) is 0 Å². The number of nitrogens with zero attached hydrogens (tertiary/aromatic N) is 2. The van der Waals surface area contributed by atoms with Gasteiger partial charge in [0.25, 0.3) is 5.69 Å². The van der Waals surface area contributed by atoms with E-state index in [2.05, 4.69) is 17.1 Å². The monoisotopic (exact) mass is 293 g/mol.